The maximum atomic E-state index is 3.68. The molecule has 0 aliphatic carbocycles. The quantitative estimate of drug-likeness (QED) is 0.611. The van der Waals surface area contributed by atoms with E-state index in [4.69, 9.17) is 0 Å². The molecule has 0 aliphatic rings. The molecule has 0 atom stereocenters. The molecule has 0 aromatic carbocycles. The number of hydrogen-bond acceptors (Lipinski definition) is 0. The summed E-state index contributed by atoms with van der Waals surface area (Å²) < 4.78 is 0. The maximum absolute atomic E-state index is 3.68. The minimum atomic E-state index is 0. The van der Waals surface area contributed by atoms with Gasteiger partial charge in [-0.1, -0.05) is 19.8 Å². The minimum absolute atomic E-state index is 0. The van der Waals surface area contributed by atoms with Gasteiger partial charge in [0.15, 0.2) is 0 Å². The molecule has 0 spiro atoms. The van der Waals surface area contributed by atoms with Gasteiger partial charge in [-0.15, -0.1) is 0 Å². The van der Waals surface area contributed by atoms with Gasteiger partial charge in [-0.05, 0) is 0 Å². The summed E-state index contributed by atoms with van der Waals surface area (Å²) in [7, 11) is 0. The van der Waals surface area contributed by atoms with Crippen LogP contribution in [-0.4, -0.2) is 0 Å². The summed E-state index contributed by atoms with van der Waals surface area (Å²) in [6.45, 7) is 5.85. The summed E-state index contributed by atoms with van der Waals surface area (Å²) in [4.78, 5) is 0. The van der Waals surface area contributed by atoms with Crippen LogP contribution >= 0.6 is 0 Å². The molecule has 0 rings (SSSR count). The van der Waals surface area contributed by atoms with Crippen molar-refractivity contribution in [1.29, 1.82) is 0 Å². The Balaban J connectivity index is -0.0000000267. The molecule has 0 heterocycles. The van der Waals surface area contributed by atoms with Gasteiger partial charge in [0.1, 0.15) is 0 Å². The van der Waals surface area contributed by atoms with E-state index in [0.717, 1.165) is 6.42 Å². The summed E-state index contributed by atoms with van der Waals surface area (Å²) >= 11 is 0. The van der Waals surface area contributed by atoms with Crippen molar-refractivity contribution in [3.8, 4) is 0 Å². The third-order valence-corrected chi connectivity index (χ3v) is 0.604. The fourth-order valence-corrected chi connectivity index (χ4v) is 0.250. The third kappa shape index (κ3) is 24.2. The molecule has 0 saturated heterocycles. The average molecular weight is 413 g/mol. The molecule has 47 valence electrons. The molecular formula is C6H14UY-2. The molecule has 8 heavy (non-hydrogen) atoms. The van der Waals surface area contributed by atoms with Crippen LogP contribution in [0.15, 0.2) is 0 Å². The largest absolute Gasteiger partial charge is 0.358 e. The van der Waals surface area contributed by atoms with Crippen LogP contribution in [0.5, 0.6) is 0 Å². The monoisotopic (exact) mass is 413 g/mol. The summed E-state index contributed by atoms with van der Waals surface area (Å²) in [5.41, 5.74) is 0. The summed E-state index contributed by atoms with van der Waals surface area (Å²) in [5.74, 6) is 0. The van der Waals surface area contributed by atoms with Gasteiger partial charge in [0.05, 0.1) is 0 Å². The molecule has 0 aliphatic heterocycles. The smallest absolute Gasteiger partial charge is 0 e. The Bertz CT molecular complexity index is 16.0. The van der Waals surface area contributed by atoms with Crippen molar-refractivity contribution >= 4 is 0 Å². The van der Waals surface area contributed by atoms with Gasteiger partial charge >= 0.3 is 0 Å². The van der Waals surface area contributed by atoms with Crippen molar-refractivity contribution in [2.24, 2.45) is 0 Å². The van der Waals surface area contributed by atoms with Crippen LogP contribution in [0.2, 0.25) is 0 Å². The zero-order valence-corrected chi connectivity index (χ0v) is 12.9. The first-order valence-corrected chi connectivity index (χ1v) is 2.21. The summed E-state index contributed by atoms with van der Waals surface area (Å²) in [6, 6.07) is 0. The van der Waals surface area contributed by atoms with Crippen molar-refractivity contribution in [3.63, 3.8) is 0 Å². The molecule has 0 amide bonds. The Morgan fingerprint density at radius 1 is 1.38 bits per heavy atom. The average Bonchev–Trinajstić information content (AvgIpc) is 1.41. The molecule has 0 fully saturated rings. The Morgan fingerprint density at radius 3 is 1.75 bits per heavy atom. The molecule has 0 N–H and O–H groups in total. The van der Waals surface area contributed by atoms with E-state index >= 15 is 0 Å². The zero-order valence-electron chi connectivity index (χ0n) is 5.91. The van der Waals surface area contributed by atoms with Gasteiger partial charge in [0.2, 0.25) is 0 Å². The normalized spacial score (nSPS) is 5.25. The van der Waals surface area contributed by atoms with Crippen LogP contribution in [0, 0.1) is 45.5 Å². The first kappa shape index (κ1) is 22.5. The fraction of sp³-hybridized carbons (Fsp3) is 0.667. The van der Waals surface area contributed by atoms with E-state index in [1.165, 1.54) is 12.8 Å². The molecule has 0 aromatic rings. The van der Waals surface area contributed by atoms with Gasteiger partial charge in [0.25, 0.3) is 0 Å². The standard InChI is InChI=1S/C5H11.CH3.U.Y/c1-3-5-4-2;;;/h1,3-5H2,2H3;1H3;;/q2*-1;;. The van der Waals surface area contributed by atoms with Gasteiger partial charge in [-0.2, -0.15) is 6.42 Å². The Hall–Kier alpha value is 2.16. The van der Waals surface area contributed by atoms with Crippen LogP contribution in [0.25, 0.3) is 0 Å². The maximum Gasteiger partial charge on any atom is 0 e. The second kappa shape index (κ2) is 22.9. The van der Waals surface area contributed by atoms with Crippen molar-refractivity contribution in [2.45, 2.75) is 26.2 Å². The molecular weight excluding hydrogens is 399 g/mol. The van der Waals surface area contributed by atoms with Gasteiger partial charge in [-0.3, -0.25) is 0 Å². The van der Waals surface area contributed by atoms with E-state index in [1.807, 2.05) is 0 Å². The minimum Gasteiger partial charge on any atom is -0.358 e. The molecule has 0 unspecified atom stereocenters. The summed E-state index contributed by atoms with van der Waals surface area (Å²) in [6.07, 6.45) is 3.65. The van der Waals surface area contributed by atoms with E-state index in [9.17, 15) is 0 Å². The van der Waals surface area contributed by atoms with E-state index in [1.54, 1.807) is 0 Å². The molecule has 0 bridgehead atoms. The van der Waals surface area contributed by atoms with Crippen molar-refractivity contribution in [3.05, 3.63) is 14.4 Å². The Kier molecular flexibility index (Phi) is 64.3. The predicted octanol–water partition coefficient (Wildman–Crippen LogP) is 2.46. The number of hydrogen-bond donors (Lipinski definition) is 0. The van der Waals surface area contributed by atoms with E-state index < -0.39 is 0 Å². The fourth-order valence-electron chi connectivity index (χ4n) is 0.250. The second-order valence-corrected chi connectivity index (χ2v) is 1.21. The van der Waals surface area contributed by atoms with Gasteiger partial charge < -0.3 is 14.4 Å². The second-order valence-electron chi connectivity index (χ2n) is 1.21. The van der Waals surface area contributed by atoms with Crippen molar-refractivity contribution < 1.29 is 63.8 Å². The van der Waals surface area contributed by atoms with Crippen LogP contribution in [0.3, 0.4) is 0 Å². The predicted molar refractivity (Wildman–Crippen MR) is 31.3 cm³/mol. The number of rotatable bonds is 2. The van der Waals surface area contributed by atoms with E-state index in [2.05, 4.69) is 13.8 Å². The zero-order chi connectivity index (χ0) is 4.12. The van der Waals surface area contributed by atoms with Crippen LogP contribution in [0.4, 0.5) is 0 Å². The van der Waals surface area contributed by atoms with E-state index in [0.29, 0.717) is 0 Å². The number of unbranched alkanes of at least 4 members (excludes halogenated alkanes) is 2. The molecule has 1 radical (unpaired) electrons. The molecule has 0 aromatic heterocycles. The van der Waals surface area contributed by atoms with Gasteiger partial charge in [0, 0.05) is 63.8 Å². The van der Waals surface area contributed by atoms with E-state index in [-0.39, 0.29) is 71.2 Å². The molecule has 0 nitrogen and oxygen atoms in total. The third-order valence-electron chi connectivity index (χ3n) is 0.604. The topological polar surface area (TPSA) is 0 Å². The Morgan fingerprint density at radius 2 is 1.75 bits per heavy atom. The van der Waals surface area contributed by atoms with Crippen LogP contribution in [-0.2, 0) is 32.7 Å². The van der Waals surface area contributed by atoms with Crippen LogP contribution < -0.4 is 0 Å². The molecule has 2 heteroatoms. The van der Waals surface area contributed by atoms with Gasteiger partial charge in [-0.25, -0.2) is 0 Å². The molecule has 0 saturated carbocycles. The first-order valence-electron chi connectivity index (χ1n) is 2.21. The van der Waals surface area contributed by atoms with Crippen molar-refractivity contribution in [1.82, 2.24) is 0 Å². The SMILES string of the molecule is [CH2-]CCCC.[CH3-].[U].[Y]. The Labute approximate surface area is 103 Å². The first-order chi connectivity index (χ1) is 2.41. The van der Waals surface area contributed by atoms with Crippen molar-refractivity contribution in [2.75, 3.05) is 0 Å². The summed E-state index contributed by atoms with van der Waals surface area (Å²) in [5, 5.41) is 0. The van der Waals surface area contributed by atoms with Crippen LogP contribution in [0.1, 0.15) is 26.2 Å².